The number of nitrogen functional groups attached to an aromatic ring is 1. The number of nitrogens with two attached hydrogens (primary N) is 1. The van der Waals surface area contributed by atoms with Crippen LogP contribution in [0.3, 0.4) is 0 Å². The van der Waals surface area contributed by atoms with Gasteiger partial charge in [0.05, 0.1) is 11.0 Å². The van der Waals surface area contributed by atoms with Crippen molar-refractivity contribution >= 4 is 38.5 Å². The van der Waals surface area contributed by atoms with Gasteiger partial charge in [0, 0.05) is 16.2 Å². The van der Waals surface area contributed by atoms with E-state index in [4.69, 9.17) is 11.1 Å². The van der Waals surface area contributed by atoms with E-state index in [1.165, 1.54) is 0 Å². The zero-order valence-corrected chi connectivity index (χ0v) is 11.4. The van der Waals surface area contributed by atoms with Crippen molar-refractivity contribution in [3.05, 3.63) is 52.4 Å². The maximum atomic E-state index is 8.21. The molecule has 0 aliphatic carbocycles. The Balaban J connectivity index is 2.10. The first-order valence-electron chi connectivity index (χ1n) is 5.60. The summed E-state index contributed by atoms with van der Waals surface area (Å²) < 4.78 is 0.776. The van der Waals surface area contributed by atoms with Crippen LogP contribution in [-0.2, 0) is 0 Å². The smallest absolute Gasteiger partial charge is 0.157 e. The van der Waals surface area contributed by atoms with Crippen LogP contribution < -0.4 is 5.73 Å². The summed E-state index contributed by atoms with van der Waals surface area (Å²) >= 11 is 3.33. The highest BCUT2D eigenvalue weighted by molar-refractivity contribution is 9.10. The number of H-pyrrole nitrogens is 1. The van der Waals surface area contributed by atoms with Crippen LogP contribution in [0.2, 0.25) is 0 Å². The van der Waals surface area contributed by atoms with Gasteiger partial charge in [-0.2, -0.15) is 0 Å². The van der Waals surface area contributed by atoms with Crippen molar-refractivity contribution in [1.82, 2.24) is 15.0 Å². The Kier molecular flexibility index (Phi) is 2.79. The summed E-state index contributed by atoms with van der Waals surface area (Å²) in [6.45, 7) is 0. The lowest BCUT2D eigenvalue weighted by molar-refractivity contribution is 1.24. The summed E-state index contributed by atoms with van der Waals surface area (Å²) in [4.78, 5) is 11.5. The van der Waals surface area contributed by atoms with E-state index >= 15 is 0 Å². The van der Waals surface area contributed by atoms with Crippen molar-refractivity contribution in [2.75, 3.05) is 5.73 Å². The lowest BCUT2D eigenvalue weighted by atomic mass is 10.1. The minimum atomic E-state index is 0.225. The van der Waals surface area contributed by atoms with E-state index in [2.05, 4.69) is 30.9 Å². The Hall–Kier alpha value is -2.21. The summed E-state index contributed by atoms with van der Waals surface area (Å²) in [5.74, 6) is 0.793. The van der Waals surface area contributed by atoms with E-state index in [0.717, 1.165) is 15.5 Å². The molecule has 4 N–H and O–H groups in total. The SMILES string of the molecule is N=C(c1nc2ccccc2[nH]1)c1cc(Br)cnc1N. The number of pyridine rings is 1. The molecule has 0 fully saturated rings. The average molecular weight is 316 g/mol. The van der Waals surface area contributed by atoms with E-state index in [0.29, 0.717) is 17.2 Å². The molecule has 0 saturated carbocycles. The van der Waals surface area contributed by atoms with Crippen molar-refractivity contribution in [1.29, 1.82) is 5.41 Å². The first-order valence-corrected chi connectivity index (χ1v) is 6.39. The first kappa shape index (κ1) is 11.9. The average Bonchev–Trinajstić information content (AvgIpc) is 2.84. The molecular formula is C13H10BrN5. The van der Waals surface area contributed by atoms with Crippen molar-refractivity contribution < 1.29 is 0 Å². The second kappa shape index (κ2) is 4.47. The third kappa shape index (κ3) is 2.10. The number of imidazole rings is 1. The number of aromatic amines is 1. The number of anilines is 1. The molecule has 0 spiro atoms. The highest BCUT2D eigenvalue weighted by Crippen LogP contribution is 2.19. The van der Waals surface area contributed by atoms with E-state index in [-0.39, 0.29) is 5.71 Å². The van der Waals surface area contributed by atoms with E-state index < -0.39 is 0 Å². The van der Waals surface area contributed by atoms with Crippen molar-refractivity contribution in [3.8, 4) is 0 Å². The van der Waals surface area contributed by atoms with Gasteiger partial charge in [0.15, 0.2) is 5.82 Å². The number of aromatic nitrogens is 3. The molecule has 2 aromatic heterocycles. The lowest BCUT2D eigenvalue weighted by Crippen LogP contribution is -2.08. The van der Waals surface area contributed by atoms with Gasteiger partial charge in [0.2, 0.25) is 0 Å². The third-order valence-corrected chi connectivity index (χ3v) is 3.21. The van der Waals surface area contributed by atoms with Crippen molar-refractivity contribution in [2.45, 2.75) is 0 Å². The highest BCUT2D eigenvalue weighted by atomic mass is 79.9. The van der Waals surface area contributed by atoms with E-state index in [9.17, 15) is 0 Å². The number of para-hydroxylation sites is 2. The zero-order valence-electron chi connectivity index (χ0n) is 9.81. The molecule has 0 bridgehead atoms. The number of hydrogen-bond acceptors (Lipinski definition) is 4. The van der Waals surface area contributed by atoms with E-state index in [1.54, 1.807) is 12.3 Å². The molecule has 2 heterocycles. The molecule has 0 unspecified atom stereocenters. The van der Waals surface area contributed by atoms with Gasteiger partial charge in [-0.1, -0.05) is 12.1 Å². The fourth-order valence-electron chi connectivity index (χ4n) is 1.85. The number of hydrogen-bond donors (Lipinski definition) is 3. The molecule has 1 aromatic carbocycles. The largest absolute Gasteiger partial charge is 0.383 e. The molecule has 19 heavy (non-hydrogen) atoms. The van der Waals surface area contributed by atoms with Crippen molar-refractivity contribution in [3.63, 3.8) is 0 Å². The number of fused-ring (bicyclic) bond motifs is 1. The van der Waals surface area contributed by atoms with Crippen LogP contribution >= 0.6 is 15.9 Å². The van der Waals surface area contributed by atoms with Crippen LogP contribution in [-0.4, -0.2) is 20.7 Å². The molecule has 0 atom stereocenters. The topological polar surface area (TPSA) is 91.4 Å². The lowest BCUT2D eigenvalue weighted by Gasteiger charge is -2.04. The highest BCUT2D eigenvalue weighted by Gasteiger charge is 2.13. The predicted octanol–water partition coefficient (Wildman–Crippen LogP) is 2.72. The van der Waals surface area contributed by atoms with Gasteiger partial charge in [0.1, 0.15) is 11.5 Å². The summed E-state index contributed by atoms with van der Waals surface area (Å²) in [7, 11) is 0. The fourth-order valence-corrected chi connectivity index (χ4v) is 2.18. The number of halogens is 1. The van der Waals surface area contributed by atoms with Crippen LogP contribution in [0.5, 0.6) is 0 Å². The summed E-state index contributed by atoms with van der Waals surface area (Å²) in [6, 6.07) is 9.40. The maximum absolute atomic E-state index is 8.21. The molecule has 0 saturated heterocycles. The van der Waals surface area contributed by atoms with Gasteiger partial charge in [-0.15, -0.1) is 0 Å². The quantitative estimate of drug-likeness (QED) is 0.635. The molecule has 6 heteroatoms. The monoisotopic (exact) mass is 315 g/mol. The zero-order chi connectivity index (χ0) is 13.4. The van der Waals surface area contributed by atoms with Gasteiger partial charge < -0.3 is 10.7 Å². The Morgan fingerprint density at radius 1 is 1.32 bits per heavy atom. The Labute approximate surface area is 117 Å². The standard InChI is InChI=1S/C13H10BrN5/c14-7-5-8(12(16)17-6-7)11(15)13-18-9-3-1-2-4-10(9)19-13/h1-6,15H,(H2,16,17)(H,18,19). The van der Waals surface area contributed by atoms with Gasteiger partial charge in [-0.05, 0) is 34.1 Å². The number of nitrogens with zero attached hydrogens (tertiary/aromatic N) is 2. The minimum Gasteiger partial charge on any atom is -0.383 e. The Morgan fingerprint density at radius 2 is 2.11 bits per heavy atom. The van der Waals surface area contributed by atoms with Crippen LogP contribution in [0.1, 0.15) is 11.4 Å². The molecule has 0 radical (unpaired) electrons. The molecule has 0 aliphatic heterocycles. The van der Waals surface area contributed by atoms with E-state index in [1.807, 2.05) is 24.3 Å². The summed E-state index contributed by atoms with van der Waals surface area (Å²) in [5.41, 5.74) is 8.30. The number of benzene rings is 1. The second-order valence-electron chi connectivity index (χ2n) is 4.06. The number of nitrogens with one attached hydrogen (secondary N) is 2. The maximum Gasteiger partial charge on any atom is 0.157 e. The summed E-state index contributed by atoms with van der Waals surface area (Å²) in [5, 5.41) is 8.21. The van der Waals surface area contributed by atoms with Gasteiger partial charge >= 0.3 is 0 Å². The number of rotatable bonds is 2. The van der Waals surface area contributed by atoms with Gasteiger partial charge in [-0.25, -0.2) is 9.97 Å². The minimum absolute atomic E-state index is 0.225. The van der Waals surface area contributed by atoms with Crippen LogP contribution in [0.4, 0.5) is 5.82 Å². The normalized spacial score (nSPS) is 10.8. The van der Waals surface area contributed by atoms with Gasteiger partial charge in [0.25, 0.3) is 0 Å². The van der Waals surface area contributed by atoms with Crippen LogP contribution in [0.25, 0.3) is 11.0 Å². The second-order valence-corrected chi connectivity index (χ2v) is 4.98. The molecule has 3 aromatic rings. The third-order valence-electron chi connectivity index (χ3n) is 2.78. The first-order chi connectivity index (χ1) is 9.15. The molecule has 94 valence electrons. The Morgan fingerprint density at radius 3 is 2.89 bits per heavy atom. The predicted molar refractivity (Wildman–Crippen MR) is 78.4 cm³/mol. The summed E-state index contributed by atoms with van der Waals surface area (Å²) in [6.07, 6.45) is 1.60. The van der Waals surface area contributed by atoms with Crippen molar-refractivity contribution in [2.24, 2.45) is 0 Å². The molecular weight excluding hydrogens is 306 g/mol. The molecule has 3 rings (SSSR count). The molecule has 0 aliphatic rings. The Bertz CT molecular complexity index is 745. The fraction of sp³-hybridized carbons (Fsp3) is 0. The van der Waals surface area contributed by atoms with Gasteiger partial charge in [-0.3, -0.25) is 5.41 Å². The van der Waals surface area contributed by atoms with Crippen LogP contribution in [0, 0.1) is 5.41 Å². The van der Waals surface area contributed by atoms with Crippen LogP contribution in [0.15, 0.2) is 41.0 Å². The molecule has 0 amide bonds. The molecule has 5 nitrogen and oxygen atoms in total.